The minimum Gasteiger partial charge on any atom is -0.497 e. The molecule has 0 amide bonds. The zero-order valence-corrected chi connectivity index (χ0v) is 17.4. The van der Waals surface area contributed by atoms with Gasteiger partial charge in [-0.25, -0.2) is 9.97 Å². The summed E-state index contributed by atoms with van der Waals surface area (Å²) < 4.78 is 12.0. The van der Waals surface area contributed by atoms with Crippen LogP contribution in [0.5, 0.6) is 11.5 Å². The first kappa shape index (κ1) is 18.4. The molecule has 0 aliphatic rings. The fourth-order valence-electron chi connectivity index (χ4n) is 3.38. The third-order valence-corrected chi connectivity index (χ3v) is 5.92. The first-order valence-electron chi connectivity index (χ1n) is 9.49. The van der Waals surface area contributed by atoms with E-state index in [1.54, 1.807) is 25.6 Å². The van der Waals surface area contributed by atoms with Crippen LogP contribution in [0.3, 0.4) is 0 Å². The normalized spacial score (nSPS) is 11.9. The maximum absolute atomic E-state index is 5.44. The van der Waals surface area contributed by atoms with Gasteiger partial charge in [0.2, 0.25) is 0 Å². The van der Waals surface area contributed by atoms with Gasteiger partial charge in [-0.3, -0.25) is 0 Å². The summed E-state index contributed by atoms with van der Waals surface area (Å²) >= 11 is 1.65. The molecule has 148 valence electrons. The summed E-state index contributed by atoms with van der Waals surface area (Å²) in [7, 11) is 3.30. The molecule has 0 radical (unpaired) electrons. The van der Waals surface area contributed by atoms with Crippen molar-refractivity contribution in [1.29, 1.82) is 0 Å². The SMILES string of the molecule is COc1cc(/C=C(\c2nc3ccccc3[nH]2)c2nc3ccccc3s2)cc(OC)c1. The van der Waals surface area contributed by atoms with Gasteiger partial charge in [-0.1, -0.05) is 24.3 Å². The van der Waals surface area contributed by atoms with Gasteiger partial charge in [0.15, 0.2) is 0 Å². The summed E-state index contributed by atoms with van der Waals surface area (Å²) in [6.45, 7) is 0. The number of hydrogen-bond acceptors (Lipinski definition) is 5. The molecule has 0 fully saturated rings. The van der Waals surface area contributed by atoms with Crippen molar-refractivity contribution in [2.24, 2.45) is 0 Å². The van der Waals surface area contributed by atoms with Gasteiger partial charge in [0, 0.05) is 6.07 Å². The number of ether oxygens (including phenoxy) is 2. The van der Waals surface area contributed by atoms with Gasteiger partial charge in [0.1, 0.15) is 22.3 Å². The molecular weight excluding hydrogens is 394 g/mol. The number of rotatable bonds is 5. The first-order chi connectivity index (χ1) is 14.7. The molecule has 3 aromatic carbocycles. The van der Waals surface area contributed by atoms with Crippen molar-refractivity contribution in [3.63, 3.8) is 0 Å². The highest BCUT2D eigenvalue weighted by atomic mass is 32.1. The van der Waals surface area contributed by atoms with Crippen molar-refractivity contribution >= 4 is 44.2 Å². The van der Waals surface area contributed by atoms with Gasteiger partial charge in [0.05, 0.1) is 41.0 Å². The molecule has 6 heteroatoms. The highest BCUT2D eigenvalue weighted by Gasteiger charge is 2.16. The van der Waals surface area contributed by atoms with Gasteiger partial charge in [-0.2, -0.15) is 0 Å². The quantitative estimate of drug-likeness (QED) is 0.397. The number of hydrogen-bond donors (Lipinski definition) is 1. The number of imidazole rings is 1. The molecule has 30 heavy (non-hydrogen) atoms. The summed E-state index contributed by atoms with van der Waals surface area (Å²) in [5.41, 5.74) is 4.75. The Balaban J connectivity index is 1.72. The number of nitrogens with one attached hydrogen (secondary N) is 1. The Morgan fingerprint density at radius 2 is 1.57 bits per heavy atom. The molecule has 5 rings (SSSR count). The smallest absolute Gasteiger partial charge is 0.141 e. The van der Waals surface area contributed by atoms with Gasteiger partial charge < -0.3 is 14.5 Å². The van der Waals surface area contributed by atoms with Crippen molar-refractivity contribution in [2.75, 3.05) is 14.2 Å². The molecule has 5 nitrogen and oxygen atoms in total. The van der Waals surface area contributed by atoms with Crippen molar-refractivity contribution in [2.45, 2.75) is 0 Å². The van der Waals surface area contributed by atoms with E-state index in [-0.39, 0.29) is 0 Å². The van der Waals surface area contributed by atoms with Crippen LogP contribution in [-0.4, -0.2) is 29.2 Å². The third-order valence-electron chi connectivity index (χ3n) is 4.85. The number of nitrogens with zero attached hydrogens (tertiary/aromatic N) is 2. The number of H-pyrrole nitrogens is 1. The van der Waals surface area contributed by atoms with Crippen LogP contribution in [0, 0.1) is 0 Å². The number of methoxy groups -OCH3 is 2. The van der Waals surface area contributed by atoms with Gasteiger partial charge in [0.25, 0.3) is 0 Å². The van der Waals surface area contributed by atoms with Crippen LogP contribution in [-0.2, 0) is 0 Å². The van der Waals surface area contributed by atoms with Crippen LogP contribution in [0.4, 0.5) is 0 Å². The monoisotopic (exact) mass is 413 g/mol. The van der Waals surface area contributed by atoms with Crippen LogP contribution in [0.25, 0.3) is 32.9 Å². The molecule has 0 aliphatic heterocycles. The number of para-hydroxylation sites is 3. The van der Waals surface area contributed by atoms with Crippen molar-refractivity contribution in [3.8, 4) is 11.5 Å². The van der Waals surface area contributed by atoms with Gasteiger partial charge >= 0.3 is 0 Å². The highest BCUT2D eigenvalue weighted by molar-refractivity contribution is 7.19. The van der Waals surface area contributed by atoms with E-state index in [1.165, 1.54) is 0 Å². The topological polar surface area (TPSA) is 60.0 Å². The molecule has 1 N–H and O–H groups in total. The Morgan fingerprint density at radius 3 is 2.27 bits per heavy atom. The fourth-order valence-corrected chi connectivity index (χ4v) is 4.36. The van der Waals surface area contributed by atoms with E-state index in [2.05, 4.69) is 17.1 Å². The minimum atomic E-state index is 0.730. The summed E-state index contributed by atoms with van der Waals surface area (Å²) in [6.07, 6.45) is 2.07. The van der Waals surface area contributed by atoms with Crippen LogP contribution in [0.15, 0.2) is 66.7 Å². The Bertz CT molecular complexity index is 1220. The maximum Gasteiger partial charge on any atom is 0.141 e. The molecule has 5 aromatic rings. The molecule has 0 atom stereocenters. The summed E-state index contributed by atoms with van der Waals surface area (Å²) in [4.78, 5) is 13.1. The van der Waals surface area contributed by atoms with E-state index in [0.717, 1.165) is 54.7 Å². The first-order valence-corrected chi connectivity index (χ1v) is 10.3. The summed E-state index contributed by atoms with van der Waals surface area (Å²) in [5.74, 6) is 2.24. The molecule has 0 saturated heterocycles. The molecule has 0 saturated carbocycles. The lowest BCUT2D eigenvalue weighted by atomic mass is 10.1. The number of benzene rings is 3. The van der Waals surface area contributed by atoms with Gasteiger partial charge in [-0.15, -0.1) is 11.3 Å². The van der Waals surface area contributed by atoms with E-state index >= 15 is 0 Å². The molecule has 0 bridgehead atoms. The second-order valence-electron chi connectivity index (χ2n) is 6.79. The maximum atomic E-state index is 5.44. The number of fused-ring (bicyclic) bond motifs is 2. The zero-order valence-electron chi connectivity index (χ0n) is 16.5. The van der Waals surface area contributed by atoms with E-state index in [1.807, 2.05) is 60.7 Å². The van der Waals surface area contributed by atoms with E-state index in [4.69, 9.17) is 19.4 Å². The Hall–Kier alpha value is -3.64. The van der Waals surface area contributed by atoms with Crippen LogP contribution in [0.2, 0.25) is 0 Å². The van der Waals surface area contributed by atoms with Crippen molar-refractivity contribution < 1.29 is 9.47 Å². The fraction of sp³-hybridized carbons (Fsp3) is 0.0833. The van der Waals surface area contributed by atoms with E-state index < -0.39 is 0 Å². The Labute approximate surface area is 177 Å². The molecule has 2 heterocycles. The number of aromatic amines is 1. The summed E-state index contributed by atoms with van der Waals surface area (Å²) in [6, 6.07) is 22.0. The van der Waals surface area contributed by atoms with Crippen LogP contribution >= 0.6 is 11.3 Å². The average molecular weight is 414 g/mol. The predicted octanol–water partition coefficient (Wildman–Crippen LogP) is 5.78. The molecule has 2 aromatic heterocycles. The number of aromatic nitrogens is 3. The van der Waals surface area contributed by atoms with Crippen molar-refractivity contribution in [1.82, 2.24) is 15.0 Å². The van der Waals surface area contributed by atoms with Crippen molar-refractivity contribution in [3.05, 3.63) is 83.1 Å². The highest BCUT2D eigenvalue weighted by Crippen LogP contribution is 2.33. The Morgan fingerprint density at radius 1 is 0.867 bits per heavy atom. The zero-order chi connectivity index (χ0) is 20.5. The van der Waals surface area contributed by atoms with Gasteiger partial charge in [-0.05, 0) is 48.0 Å². The van der Waals surface area contributed by atoms with E-state index in [0.29, 0.717) is 0 Å². The average Bonchev–Trinajstić information content (AvgIpc) is 3.41. The predicted molar refractivity (Wildman–Crippen MR) is 122 cm³/mol. The van der Waals surface area contributed by atoms with Crippen LogP contribution in [0.1, 0.15) is 16.4 Å². The largest absolute Gasteiger partial charge is 0.497 e. The lowest BCUT2D eigenvalue weighted by Gasteiger charge is -2.07. The summed E-state index contributed by atoms with van der Waals surface area (Å²) in [5, 5.41) is 0.900. The standard InChI is InChI=1S/C24H19N3O2S/c1-28-16-11-15(12-17(14-16)29-2)13-18(23-25-19-7-3-4-8-20(19)26-23)24-27-21-9-5-6-10-22(21)30-24/h3-14H,1-2H3,(H,25,26)/b18-13+. The Kier molecular flexibility index (Phi) is 4.69. The molecule has 0 spiro atoms. The molecule has 0 aliphatic carbocycles. The second kappa shape index (κ2) is 7.65. The lowest BCUT2D eigenvalue weighted by molar-refractivity contribution is 0.394. The minimum absolute atomic E-state index is 0.730. The van der Waals surface area contributed by atoms with Crippen LogP contribution < -0.4 is 9.47 Å². The molecular formula is C24H19N3O2S. The van der Waals surface area contributed by atoms with E-state index in [9.17, 15) is 0 Å². The number of thiazole rings is 1. The second-order valence-corrected chi connectivity index (χ2v) is 7.82. The lowest BCUT2D eigenvalue weighted by Crippen LogP contribution is -1.92. The molecule has 0 unspecified atom stereocenters. The third kappa shape index (κ3) is 3.42.